The fourth-order valence-corrected chi connectivity index (χ4v) is 4.93. The van der Waals surface area contributed by atoms with Crippen molar-refractivity contribution in [1.29, 1.82) is 0 Å². The number of hydrogen-bond acceptors (Lipinski definition) is 6. The van der Waals surface area contributed by atoms with Gasteiger partial charge in [-0.1, -0.05) is 17.7 Å². The number of halogens is 1. The Morgan fingerprint density at radius 1 is 1.14 bits per heavy atom. The van der Waals surface area contributed by atoms with Gasteiger partial charge in [0, 0.05) is 13.1 Å². The Morgan fingerprint density at radius 2 is 1.89 bits per heavy atom. The molecule has 0 aliphatic carbocycles. The van der Waals surface area contributed by atoms with Crippen molar-refractivity contribution in [1.82, 2.24) is 9.88 Å². The second-order valence-corrected chi connectivity index (χ2v) is 8.76. The number of rotatable bonds is 7. The summed E-state index contributed by atoms with van der Waals surface area (Å²) in [5.74, 6) is 1.29. The molecule has 3 aromatic rings. The van der Waals surface area contributed by atoms with E-state index in [2.05, 4.69) is 4.98 Å². The topological polar surface area (TPSA) is 51.7 Å². The largest absolute Gasteiger partial charge is 0.493 e. The third-order valence-corrected chi connectivity index (χ3v) is 6.81. The molecule has 2 heterocycles. The molecule has 0 saturated carbocycles. The molecule has 0 N–H and O–H groups in total. The summed E-state index contributed by atoms with van der Waals surface area (Å²) in [5, 5.41) is 0.819. The van der Waals surface area contributed by atoms with Gasteiger partial charge in [-0.05, 0) is 43.7 Å². The number of carbonyl (C=O) groups excluding carboxylic acids is 1. The average molecular weight is 437 g/mol. The fraction of sp³-hybridized carbons (Fsp3) is 0.300. The number of amides is 1. The first kappa shape index (κ1) is 20.6. The zero-order valence-electron chi connectivity index (χ0n) is 16.1. The molecular weight excluding hydrogens is 416 g/mol. The molecule has 0 unspecified atom stereocenters. The number of thiazole rings is 1. The van der Waals surface area contributed by atoms with Gasteiger partial charge in [0.2, 0.25) is 0 Å². The number of benzene rings is 1. The molecule has 148 valence electrons. The minimum atomic E-state index is -0.0267. The fourth-order valence-electron chi connectivity index (χ4n) is 2.80. The van der Waals surface area contributed by atoms with Gasteiger partial charge in [0.05, 0.1) is 29.1 Å². The summed E-state index contributed by atoms with van der Waals surface area (Å²) < 4.78 is 11.4. The molecule has 3 rings (SSSR count). The van der Waals surface area contributed by atoms with Gasteiger partial charge in [-0.15, -0.1) is 22.7 Å². The Morgan fingerprint density at radius 3 is 2.50 bits per heavy atom. The second-order valence-electron chi connectivity index (χ2n) is 6.05. The molecule has 0 aliphatic heterocycles. The van der Waals surface area contributed by atoms with E-state index in [1.165, 1.54) is 22.7 Å². The Kier molecular flexibility index (Phi) is 6.59. The van der Waals surface area contributed by atoms with Crippen LogP contribution in [0.5, 0.6) is 11.5 Å². The number of thiophene rings is 1. The lowest BCUT2D eigenvalue weighted by Gasteiger charge is -2.21. The summed E-state index contributed by atoms with van der Waals surface area (Å²) in [4.78, 5) is 21.1. The van der Waals surface area contributed by atoms with Crippen molar-refractivity contribution >= 4 is 40.2 Å². The predicted molar refractivity (Wildman–Crippen MR) is 115 cm³/mol. The van der Waals surface area contributed by atoms with Gasteiger partial charge in [0.15, 0.2) is 11.5 Å². The molecule has 8 heteroatoms. The maximum absolute atomic E-state index is 13.1. The molecule has 2 aromatic heterocycles. The molecule has 5 nitrogen and oxygen atoms in total. The highest BCUT2D eigenvalue weighted by molar-refractivity contribution is 7.24. The highest BCUT2D eigenvalue weighted by Crippen LogP contribution is 2.35. The number of ether oxygens (including phenoxy) is 2. The molecule has 0 fully saturated rings. The maximum Gasteiger partial charge on any atom is 0.266 e. The minimum Gasteiger partial charge on any atom is -0.493 e. The van der Waals surface area contributed by atoms with Crippen LogP contribution in [-0.2, 0) is 6.54 Å². The molecule has 0 saturated heterocycles. The van der Waals surface area contributed by atoms with Crippen LogP contribution in [0, 0.1) is 6.92 Å². The molecule has 0 spiro atoms. The van der Waals surface area contributed by atoms with E-state index in [9.17, 15) is 4.79 Å². The van der Waals surface area contributed by atoms with E-state index in [0.29, 0.717) is 33.8 Å². The van der Waals surface area contributed by atoms with Crippen LogP contribution < -0.4 is 9.47 Å². The van der Waals surface area contributed by atoms with Crippen LogP contribution in [0.4, 0.5) is 0 Å². The Labute approximate surface area is 177 Å². The van der Waals surface area contributed by atoms with Crippen molar-refractivity contribution in [3.63, 3.8) is 0 Å². The minimum absolute atomic E-state index is 0.0267. The molecule has 1 aromatic carbocycles. The number of methoxy groups -OCH3 is 2. The number of aryl methyl sites for hydroxylation is 1. The van der Waals surface area contributed by atoms with Gasteiger partial charge < -0.3 is 14.4 Å². The molecule has 0 radical (unpaired) electrons. The van der Waals surface area contributed by atoms with Crippen molar-refractivity contribution in [2.45, 2.75) is 20.4 Å². The van der Waals surface area contributed by atoms with E-state index < -0.39 is 0 Å². The van der Waals surface area contributed by atoms with Crippen LogP contribution in [0.15, 0.2) is 30.3 Å². The standard InChI is InChI=1S/C20H21ClN2O3S2/c1-5-23(11-13-6-7-14(25-3)15(10-13)26-4)20(24)18-12(2)22-19(28-18)16-8-9-17(21)27-16/h6-10H,5,11H2,1-4H3. The van der Waals surface area contributed by atoms with Crippen LogP contribution in [0.2, 0.25) is 4.34 Å². The van der Waals surface area contributed by atoms with Crippen LogP contribution in [0.25, 0.3) is 9.88 Å². The monoisotopic (exact) mass is 436 g/mol. The van der Waals surface area contributed by atoms with E-state index in [-0.39, 0.29) is 5.91 Å². The van der Waals surface area contributed by atoms with Crippen LogP contribution in [0.3, 0.4) is 0 Å². The maximum atomic E-state index is 13.1. The first-order chi connectivity index (χ1) is 13.5. The molecular formula is C20H21ClN2O3S2. The number of carbonyl (C=O) groups is 1. The number of nitrogens with zero attached hydrogens (tertiary/aromatic N) is 2. The van der Waals surface area contributed by atoms with E-state index in [0.717, 1.165) is 21.1 Å². The summed E-state index contributed by atoms with van der Waals surface area (Å²) in [5.41, 5.74) is 1.71. The summed E-state index contributed by atoms with van der Waals surface area (Å²) in [6.07, 6.45) is 0. The third-order valence-electron chi connectivity index (χ3n) is 4.27. The van der Waals surface area contributed by atoms with Gasteiger partial charge >= 0.3 is 0 Å². The summed E-state index contributed by atoms with van der Waals surface area (Å²) >= 11 is 8.90. The first-order valence-electron chi connectivity index (χ1n) is 8.70. The van der Waals surface area contributed by atoms with E-state index in [1.807, 2.05) is 44.2 Å². The van der Waals surface area contributed by atoms with Crippen molar-refractivity contribution in [2.24, 2.45) is 0 Å². The van der Waals surface area contributed by atoms with E-state index in [1.54, 1.807) is 19.1 Å². The van der Waals surface area contributed by atoms with E-state index >= 15 is 0 Å². The van der Waals surface area contributed by atoms with E-state index in [4.69, 9.17) is 21.1 Å². The van der Waals surface area contributed by atoms with Crippen LogP contribution in [0.1, 0.15) is 27.9 Å². The first-order valence-corrected chi connectivity index (χ1v) is 10.7. The molecule has 1 amide bonds. The Balaban J connectivity index is 1.83. The lowest BCUT2D eigenvalue weighted by Crippen LogP contribution is -2.30. The normalized spacial score (nSPS) is 10.8. The molecule has 0 bridgehead atoms. The summed E-state index contributed by atoms with van der Waals surface area (Å²) in [6, 6.07) is 9.46. The van der Waals surface area contributed by atoms with Crippen LogP contribution >= 0.6 is 34.3 Å². The number of hydrogen-bond donors (Lipinski definition) is 0. The number of aromatic nitrogens is 1. The lowest BCUT2D eigenvalue weighted by molar-refractivity contribution is 0.0756. The lowest BCUT2D eigenvalue weighted by atomic mass is 10.1. The molecule has 0 aliphatic rings. The zero-order valence-corrected chi connectivity index (χ0v) is 18.5. The van der Waals surface area contributed by atoms with Crippen molar-refractivity contribution in [3.05, 3.63) is 50.8 Å². The predicted octanol–water partition coefficient (Wildman–Crippen LogP) is 5.51. The van der Waals surface area contributed by atoms with Gasteiger partial charge in [0.1, 0.15) is 9.88 Å². The summed E-state index contributed by atoms with van der Waals surface area (Å²) in [6.45, 7) is 4.90. The third kappa shape index (κ3) is 4.32. The Hall–Kier alpha value is -2.09. The average Bonchev–Trinajstić information content (AvgIpc) is 3.30. The van der Waals surface area contributed by atoms with Crippen molar-refractivity contribution < 1.29 is 14.3 Å². The second kappa shape index (κ2) is 8.94. The quantitative estimate of drug-likeness (QED) is 0.489. The Bertz CT molecular complexity index is 984. The van der Waals surface area contributed by atoms with Crippen molar-refractivity contribution in [2.75, 3.05) is 20.8 Å². The highest BCUT2D eigenvalue weighted by Gasteiger charge is 2.22. The van der Waals surface area contributed by atoms with Gasteiger partial charge in [-0.3, -0.25) is 4.79 Å². The highest BCUT2D eigenvalue weighted by atomic mass is 35.5. The van der Waals surface area contributed by atoms with Gasteiger partial charge in [-0.2, -0.15) is 0 Å². The molecule has 28 heavy (non-hydrogen) atoms. The van der Waals surface area contributed by atoms with Crippen molar-refractivity contribution in [3.8, 4) is 21.4 Å². The summed E-state index contributed by atoms with van der Waals surface area (Å²) in [7, 11) is 3.20. The van der Waals surface area contributed by atoms with Gasteiger partial charge in [0.25, 0.3) is 5.91 Å². The SMILES string of the molecule is CCN(Cc1ccc(OC)c(OC)c1)C(=O)c1sc(-c2ccc(Cl)s2)nc1C. The smallest absolute Gasteiger partial charge is 0.266 e. The van der Waals surface area contributed by atoms with Gasteiger partial charge in [-0.25, -0.2) is 4.98 Å². The molecule has 0 atom stereocenters. The zero-order chi connectivity index (χ0) is 20.3. The van der Waals surface area contributed by atoms with Crippen LogP contribution in [-0.4, -0.2) is 36.6 Å².